The van der Waals surface area contributed by atoms with Crippen molar-refractivity contribution in [2.24, 2.45) is 0 Å². The van der Waals surface area contributed by atoms with Crippen molar-refractivity contribution >= 4 is 6.16 Å². The molecule has 1 aliphatic rings. The monoisotopic (exact) mass is 227 g/mol. The number of rotatable bonds is 2. The zero-order valence-electron chi connectivity index (χ0n) is 8.02. The minimum absolute atomic E-state index is 0. The Labute approximate surface area is 124 Å². The fourth-order valence-electron chi connectivity index (χ4n) is 1.58. The van der Waals surface area contributed by atoms with E-state index in [0.717, 1.165) is 6.42 Å². The molecule has 0 atom stereocenters. The second-order valence-electron chi connectivity index (χ2n) is 3.12. The summed E-state index contributed by atoms with van der Waals surface area (Å²) in [6.07, 6.45) is 0.592. The Bertz CT molecular complexity index is 226. The number of ether oxygens (including phenoxy) is 1. The largest absolute Gasteiger partial charge is 1.00 e. The molecular formula is C7H10KNO5. The number of carboxylic acid groups (broad SMARTS) is 1. The van der Waals surface area contributed by atoms with E-state index >= 15 is 0 Å². The average Bonchev–Trinajstić information content (AvgIpc) is 2.04. The quantitative estimate of drug-likeness (QED) is 0.168. The number of hydrogen-bond donors (Lipinski definition) is 0. The van der Waals surface area contributed by atoms with Gasteiger partial charge in [0.1, 0.15) is 0 Å². The Morgan fingerprint density at radius 2 is 1.79 bits per heavy atom. The van der Waals surface area contributed by atoms with E-state index in [4.69, 9.17) is 0 Å². The summed E-state index contributed by atoms with van der Waals surface area (Å²) < 4.78 is 4.25. The maximum Gasteiger partial charge on any atom is 1.00 e. The summed E-state index contributed by atoms with van der Waals surface area (Å²) >= 11 is 0. The standard InChI is InChI=1S/C7H11NO5.K/c9-6(10)13-7(8(11)12)4-2-1-3-5-7;/h1-5H2,(H,9,10);/q;+1/p-1. The van der Waals surface area contributed by atoms with Crippen LogP contribution in [0.2, 0.25) is 0 Å². The number of nitro groups is 1. The molecule has 1 saturated carbocycles. The molecule has 0 aromatic heterocycles. The molecule has 7 heteroatoms. The Balaban J connectivity index is 0.00000169. The molecule has 0 saturated heterocycles. The van der Waals surface area contributed by atoms with Gasteiger partial charge in [0.25, 0.3) is 6.16 Å². The van der Waals surface area contributed by atoms with Gasteiger partial charge in [-0.15, -0.1) is 0 Å². The maximum absolute atomic E-state index is 10.6. The van der Waals surface area contributed by atoms with Crippen LogP contribution in [0.4, 0.5) is 4.79 Å². The van der Waals surface area contributed by atoms with Crippen LogP contribution in [0.3, 0.4) is 0 Å². The summed E-state index contributed by atoms with van der Waals surface area (Å²) in [5.74, 6) is 0. The van der Waals surface area contributed by atoms with E-state index in [0.29, 0.717) is 12.8 Å². The van der Waals surface area contributed by atoms with Gasteiger partial charge >= 0.3 is 57.1 Å². The fourth-order valence-corrected chi connectivity index (χ4v) is 1.58. The summed E-state index contributed by atoms with van der Waals surface area (Å²) in [4.78, 5) is 20.1. The van der Waals surface area contributed by atoms with Crippen LogP contribution in [0.5, 0.6) is 0 Å². The molecule has 0 aromatic carbocycles. The van der Waals surface area contributed by atoms with E-state index in [1.807, 2.05) is 0 Å². The number of hydrogen-bond acceptors (Lipinski definition) is 5. The minimum atomic E-state index is -1.82. The number of nitrogens with zero attached hydrogens (tertiary/aromatic N) is 1. The van der Waals surface area contributed by atoms with E-state index in [2.05, 4.69) is 4.74 Å². The Morgan fingerprint density at radius 1 is 1.29 bits per heavy atom. The van der Waals surface area contributed by atoms with Gasteiger partial charge in [-0.1, -0.05) is 6.42 Å². The Morgan fingerprint density at radius 3 is 2.14 bits per heavy atom. The molecule has 1 aliphatic carbocycles. The first-order valence-electron chi connectivity index (χ1n) is 4.11. The van der Waals surface area contributed by atoms with Crippen LogP contribution in [0.25, 0.3) is 0 Å². The van der Waals surface area contributed by atoms with Gasteiger partial charge in [0.05, 0.1) is 0 Å². The molecule has 0 amide bonds. The molecule has 1 fully saturated rings. The van der Waals surface area contributed by atoms with Crippen molar-refractivity contribution in [1.82, 2.24) is 0 Å². The van der Waals surface area contributed by atoms with Crippen LogP contribution in [0.1, 0.15) is 32.1 Å². The van der Waals surface area contributed by atoms with Crippen molar-refractivity contribution in [1.29, 1.82) is 0 Å². The molecule has 14 heavy (non-hydrogen) atoms. The first-order valence-corrected chi connectivity index (χ1v) is 4.11. The molecule has 0 N–H and O–H groups in total. The summed E-state index contributed by atoms with van der Waals surface area (Å²) in [6.45, 7) is 0. The average molecular weight is 227 g/mol. The van der Waals surface area contributed by atoms with Gasteiger partial charge < -0.3 is 14.6 Å². The second-order valence-corrected chi connectivity index (χ2v) is 3.12. The van der Waals surface area contributed by atoms with Crippen molar-refractivity contribution in [3.63, 3.8) is 0 Å². The van der Waals surface area contributed by atoms with Crippen molar-refractivity contribution in [2.75, 3.05) is 0 Å². The van der Waals surface area contributed by atoms with Gasteiger partial charge in [0.2, 0.25) is 0 Å². The van der Waals surface area contributed by atoms with Gasteiger partial charge in [0.15, 0.2) is 0 Å². The van der Waals surface area contributed by atoms with E-state index in [1.54, 1.807) is 0 Å². The van der Waals surface area contributed by atoms with Gasteiger partial charge in [0, 0.05) is 17.8 Å². The van der Waals surface area contributed by atoms with Crippen LogP contribution in [-0.2, 0) is 4.74 Å². The Kier molecular flexibility index (Phi) is 6.14. The van der Waals surface area contributed by atoms with E-state index in [-0.39, 0.29) is 64.2 Å². The summed E-state index contributed by atoms with van der Waals surface area (Å²) in [5.41, 5.74) is -1.74. The van der Waals surface area contributed by atoms with Gasteiger partial charge in [-0.2, -0.15) is 0 Å². The van der Waals surface area contributed by atoms with E-state index in [1.165, 1.54) is 0 Å². The summed E-state index contributed by atoms with van der Waals surface area (Å²) in [5, 5.41) is 20.7. The molecule has 0 aliphatic heterocycles. The molecule has 0 aromatic rings. The van der Waals surface area contributed by atoms with Crippen molar-refractivity contribution < 1.29 is 70.9 Å². The number of carbonyl (C=O) groups excluding carboxylic acids is 1. The third kappa shape index (κ3) is 3.47. The van der Waals surface area contributed by atoms with Crippen LogP contribution < -0.4 is 56.5 Å². The normalized spacial score (nSPS) is 19.1. The molecule has 0 spiro atoms. The van der Waals surface area contributed by atoms with Crippen molar-refractivity contribution in [2.45, 2.75) is 37.8 Å². The van der Waals surface area contributed by atoms with Gasteiger partial charge in [-0.3, -0.25) is 10.1 Å². The summed E-state index contributed by atoms with van der Waals surface area (Å²) in [6, 6.07) is 0. The second kappa shape index (κ2) is 6.01. The molecular weight excluding hydrogens is 217 g/mol. The molecule has 0 bridgehead atoms. The maximum atomic E-state index is 10.6. The molecule has 0 radical (unpaired) electrons. The Hall–Kier alpha value is 0.306. The first-order chi connectivity index (χ1) is 6.07. The molecule has 6 nitrogen and oxygen atoms in total. The predicted octanol–water partition coefficient (Wildman–Crippen LogP) is -2.71. The molecule has 0 unspecified atom stereocenters. The van der Waals surface area contributed by atoms with Gasteiger partial charge in [-0.25, -0.2) is 0 Å². The van der Waals surface area contributed by atoms with Crippen molar-refractivity contribution in [3.8, 4) is 0 Å². The van der Waals surface area contributed by atoms with E-state index < -0.39 is 16.8 Å². The van der Waals surface area contributed by atoms with E-state index in [9.17, 15) is 20.0 Å². The van der Waals surface area contributed by atoms with Gasteiger partial charge in [-0.05, 0) is 12.8 Å². The molecule has 1 rings (SSSR count). The smallest absolute Gasteiger partial charge is 0.484 e. The number of carbonyl (C=O) groups is 1. The van der Waals surface area contributed by atoms with Crippen LogP contribution in [-0.4, -0.2) is 16.8 Å². The van der Waals surface area contributed by atoms with Crippen LogP contribution in [0, 0.1) is 10.1 Å². The fraction of sp³-hybridized carbons (Fsp3) is 0.857. The zero-order valence-corrected chi connectivity index (χ0v) is 11.1. The zero-order chi connectivity index (χ0) is 9.90. The third-order valence-electron chi connectivity index (χ3n) is 2.24. The van der Waals surface area contributed by atoms with Crippen molar-refractivity contribution in [3.05, 3.63) is 10.1 Å². The summed E-state index contributed by atoms with van der Waals surface area (Å²) in [7, 11) is 0. The van der Waals surface area contributed by atoms with Crippen LogP contribution in [0.15, 0.2) is 0 Å². The predicted molar refractivity (Wildman–Crippen MR) is 39.3 cm³/mol. The topological polar surface area (TPSA) is 92.5 Å². The third-order valence-corrected chi connectivity index (χ3v) is 2.24. The first kappa shape index (κ1) is 14.3. The molecule has 74 valence electrons. The van der Waals surface area contributed by atoms with Crippen LogP contribution >= 0.6 is 0 Å². The SMILES string of the molecule is O=C([O-])OC1([N+](=O)[O-])CCCCC1.[K+]. The minimum Gasteiger partial charge on any atom is -0.484 e. The molecule has 0 heterocycles.